The van der Waals surface area contributed by atoms with Crippen molar-refractivity contribution in [3.8, 4) is 0 Å². The summed E-state index contributed by atoms with van der Waals surface area (Å²) in [6.45, 7) is 2.19. The molecular weight excluding hydrogens is 360 g/mol. The van der Waals surface area contributed by atoms with E-state index >= 15 is 0 Å². The number of hydrogen-bond acceptors (Lipinski definition) is 5. The van der Waals surface area contributed by atoms with E-state index in [1.54, 1.807) is 42.6 Å². The minimum absolute atomic E-state index is 0.237. The maximum Gasteiger partial charge on any atom is 0.262 e. The van der Waals surface area contributed by atoms with Crippen molar-refractivity contribution in [2.24, 2.45) is 0 Å². The largest absolute Gasteiger partial charge is 0.354 e. The van der Waals surface area contributed by atoms with Crippen molar-refractivity contribution in [3.05, 3.63) is 65.5 Å². The third-order valence-corrected chi connectivity index (χ3v) is 4.45. The molecular formula is C20H20N4O4. The van der Waals surface area contributed by atoms with Crippen molar-refractivity contribution in [2.75, 3.05) is 13.1 Å². The Balaban J connectivity index is 1.45. The maximum absolute atomic E-state index is 12.4. The fourth-order valence-electron chi connectivity index (χ4n) is 2.93. The first-order valence-corrected chi connectivity index (χ1v) is 8.93. The van der Waals surface area contributed by atoms with Gasteiger partial charge in [-0.25, -0.2) is 0 Å². The van der Waals surface area contributed by atoms with Gasteiger partial charge < -0.3 is 10.6 Å². The summed E-state index contributed by atoms with van der Waals surface area (Å²) in [6.07, 6.45) is 3.56. The van der Waals surface area contributed by atoms with Gasteiger partial charge in [0.25, 0.3) is 17.7 Å². The summed E-state index contributed by atoms with van der Waals surface area (Å²) in [5, 5.41) is 5.43. The van der Waals surface area contributed by atoms with Gasteiger partial charge in [0.05, 0.1) is 16.7 Å². The summed E-state index contributed by atoms with van der Waals surface area (Å²) >= 11 is 0. The predicted octanol–water partition coefficient (Wildman–Crippen LogP) is 1.00. The van der Waals surface area contributed by atoms with Crippen molar-refractivity contribution >= 4 is 23.6 Å². The van der Waals surface area contributed by atoms with Gasteiger partial charge in [-0.1, -0.05) is 12.1 Å². The van der Waals surface area contributed by atoms with Crippen LogP contribution in [0.25, 0.3) is 0 Å². The number of hydrogen-bond donors (Lipinski definition) is 2. The molecule has 1 aromatic heterocycles. The van der Waals surface area contributed by atoms with Gasteiger partial charge in [0.2, 0.25) is 5.91 Å². The number of aromatic nitrogens is 1. The Bertz CT molecular complexity index is 878. The lowest BCUT2D eigenvalue weighted by molar-refractivity contribution is -0.124. The molecule has 2 aromatic rings. The second-order valence-corrected chi connectivity index (χ2v) is 6.34. The molecule has 0 radical (unpaired) electrons. The number of pyridine rings is 1. The lowest BCUT2D eigenvalue weighted by atomic mass is 10.1. The quantitative estimate of drug-likeness (QED) is 0.550. The van der Waals surface area contributed by atoms with E-state index in [9.17, 15) is 19.2 Å². The lowest BCUT2D eigenvalue weighted by Gasteiger charge is -2.21. The maximum atomic E-state index is 12.4. The van der Waals surface area contributed by atoms with Crippen molar-refractivity contribution in [2.45, 2.75) is 19.4 Å². The number of fused-ring (bicyclic) bond motifs is 1. The number of benzene rings is 1. The van der Waals surface area contributed by atoms with Crippen molar-refractivity contribution in [1.82, 2.24) is 20.5 Å². The summed E-state index contributed by atoms with van der Waals surface area (Å²) in [4.78, 5) is 53.9. The monoisotopic (exact) mass is 380 g/mol. The van der Waals surface area contributed by atoms with Gasteiger partial charge in [-0.05, 0) is 37.6 Å². The average molecular weight is 380 g/mol. The molecule has 8 heteroatoms. The number of carbonyl (C=O) groups is 4. The standard InChI is InChI=1S/C20H20N4O4/c1-13(24-19(27)15-7-2-3-8-16(15)20(24)28)17(25)22-10-5-11-23-18(26)14-6-4-9-21-12-14/h2-4,6-9,12-13H,5,10-11H2,1H3,(H,22,25)(H,23,26). The zero-order chi connectivity index (χ0) is 20.1. The Labute approximate surface area is 161 Å². The molecule has 144 valence electrons. The molecule has 1 aromatic carbocycles. The second-order valence-electron chi connectivity index (χ2n) is 6.34. The lowest BCUT2D eigenvalue weighted by Crippen LogP contribution is -2.48. The Morgan fingerprint density at radius 1 is 1.00 bits per heavy atom. The smallest absolute Gasteiger partial charge is 0.262 e. The molecule has 1 unspecified atom stereocenters. The molecule has 0 saturated carbocycles. The van der Waals surface area contributed by atoms with Gasteiger partial charge in [0, 0.05) is 25.5 Å². The minimum atomic E-state index is -0.919. The highest BCUT2D eigenvalue weighted by Gasteiger charge is 2.40. The summed E-state index contributed by atoms with van der Waals surface area (Å²) in [5.74, 6) is -1.59. The van der Waals surface area contributed by atoms with Crippen LogP contribution < -0.4 is 10.6 Å². The SMILES string of the molecule is CC(C(=O)NCCCNC(=O)c1cccnc1)N1C(=O)c2ccccc2C1=O. The average Bonchev–Trinajstić information content (AvgIpc) is 2.98. The van der Waals surface area contributed by atoms with Crippen LogP contribution in [0.3, 0.4) is 0 Å². The Morgan fingerprint density at radius 2 is 1.64 bits per heavy atom. The Hall–Kier alpha value is -3.55. The molecule has 4 amide bonds. The van der Waals surface area contributed by atoms with Crippen molar-refractivity contribution in [1.29, 1.82) is 0 Å². The van der Waals surface area contributed by atoms with E-state index in [1.165, 1.54) is 13.1 Å². The number of nitrogens with zero attached hydrogens (tertiary/aromatic N) is 2. The molecule has 1 aliphatic heterocycles. The van der Waals surface area contributed by atoms with E-state index in [2.05, 4.69) is 15.6 Å². The topological polar surface area (TPSA) is 108 Å². The van der Waals surface area contributed by atoms with E-state index in [1.807, 2.05) is 0 Å². The molecule has 2 heterocycles. The van der Waals surface area contributed by atoms with Gasteiger partial charge in [0.1, 0.15) is 6.04 Å². The fourth-order valence-corrected chi connectivity index (χ4v) is 2.93. The molecule has 0 bridgehead atoms. The highest BCUT2D eigenvalue weighted by Crippen LogP contribution is 2.24. The summed E-state index contributed by atoms with van der Waals surface area (Å²) in [5.41, 5.74) is 1.08. The van der Waals surface area contributed by atoms with E-state index in [0.717, 1.165) is 4.90 Å². The van der Waals surface area contributed by atoms with E-state index in [0.29, 0.717) is 36.2 Å². The van der Waals surface area contributed by atoms with Gasteiger partial charge in [0.15, 0.2) is 0 Å². The molecule has 0 fully saturated rings. The van der Waals surface area contributed by atoms with Crippen LogP contribution in [0.5, 0.6) is 0 Å². The van der Waals surface area contributed by atoms with Crippen LogP contribution in [-0.2, 0) is 4.79 Å². The number of imide groups is 1. The third kappa shape index (κ3) is 3.90. The summed E-state index contributed by atoms with van der Waals surface area (Å²) in [7, 11) is 0. The normalized spacial score (nSPS) is 13.8. The second kappa shape index (κ2) is 8.43. The number of rotatable bonds is 7. The number of carbonyl (C=O) groups excluding carboxylic acids is 4. The minimum Gasteiger partial charge on any atom is -0.354 e. The van der Waals surface area contributed by atoms with Crippen LogP contribution >= 0.6 is 0 Å². The molecule has 28 heavy (non-hydrogen) atoms. The summed E-state index contributed by atoms with van der Waals surface area (Å²) < 4.78 is 0. The molecule has 1 aliphatic rings. The van der Waals surface area contributed by atoms with Crippen LogP contribution in [-0.4, -0.2) is 52.6 Å². The number of nitrogens with one attached hydrogen (secondary N) is 2. The molecule has 3 rings (SSSR count). The molecule has 8 nitrogen and oxygen atoms in total. The summed E-state index contributed by atoms with van der Waals surface area (Å²) in [6, 6.07) is 8.92. The van der Waals surface area contributed by atoms with Gasteiger partial charge in [-0.2, -0.15) is 0 Å². The van der Waals surface area contributed by atoms with Crippen LogP contribution in [0.2, 0.25) is 0 Å². The van der Waals surface area contributed by atoms with Crippen LogP contribution in [0.1, 0.15) is 44.4 Å². The van der Waals surface area contributed by atoms with Gasteiger partial charge in [-0.15, -0.1) is 0 Å². The molecule has 0 spiro atoms. The van der Waals surface area contributed by atoms with Crippen LogP contribution in [0.4, 0.5) is 0 Å². The Morgan fingerprint density at radius 3 is 2.25 bits per heavy atom. The third-order valence-electron chi connectivity index (χ3n) is 4.45. The fraction of sp³-hybridized carbons (Fsp3) is 0.250. The van der Waals surface area contributed by atoms with Crippen LogP contribution in [0, 0.1) is 0 Å². The van der Waals surface area contributed by atoms with Crippen molar-refractivity contribution in [3.63, 3.8) is 0 Å². The number of amides is 4. The van der Waals surface area contributed by atoms with Crippen molar-refractivity contribution < 1.29 is 19.2 Å². The Kier molecular flexibility index (Phi) is 5.78. The van der Waals surface area contributed by atoms with Gasteiger partial charge in [-0.3, -0.25) is 29.1 Å². The van der Waals surface area contributed by atoms with Gasteiger partial charge >= 0.3 is 0 Å². The zero-order valence-corrected chi connectivity index (χ0v) is 15.3. The zero-order valence-electron chi connectivity index (χ0n) is 15.3. The highest BCUT2D eigenvalue weighted by molar-refractivity contribution is 6.22. The molecule has 1 atom stereocenters. The first kappa shape index (κ1) is 19.2. The molecule has 0 aliphatic carbocycles. The first-order valence-electron chi connectivity index (χ1n) is 8.93. The molecule has 0 saturated heterocycles. The first-order chi connectivity index (χ1) is 13.5. The van der Waals surface area contributed by atoms with Crippen LogP contribution in [0.15, 0.2) is 48.8 Å². The predicted molar refractivity (Wildman–Crippen MR) is 101 cm³/mol. The van der Waals surface area contributed by atoms with E-state index in [-0.39, 0.29) is 5.91 Å². The highest BCUT2D eigenvalue weighted by atomic mass is 16.2. The van der Waals surface area contributed by atoms with E-state index < -0.39 is 23.8 Å². The molecule has 2 N–H and O–H groups in total. The van der Waals surface area contributed by atoms with E-state index in [4.69, 9.17) is 0 Å².